The maximum Gasteiger partial charge on any atom is 0.317 e. The van der Waals surface area contributed by atoms with Gasteiger partial charge in [-0.2, -0.15) is 0 Å². The SMILES string of the molecule is O=C(NC[C@H]1O[C@@H](CO)[C@@H](O)[C@@H]1N1CCc2ccccc2C1)N1CCOCC1. The minimum absolute atomic E-state index is 0.142. The van der Waals surface area contributed by atoms with Crippen LogP contribution in [0.2, 0.25) is 0 Å². The normalized spacial score (nSPS) is 30.9. The van der Waals surface area contributed by atoms with E-state index in [1.807, 2.05) is 12.1 Å². The molecule has 2 fully saturated rings. The Kier molecular flexibility index (Phi) is 6.13. The number of fused-ring (bicyclic) bond motifs is 1. The lowest BCUT2D eigenvalue weighted by Crippen LogP contribution is -2.54. The van der Waals surface area contributed by atoms with E-state index in [1.54, 1.807) is 4.90 Å². The molecule has 0 saturated carbocycles. The Hall–Kier alpha value is -1.71. The molecule has 1 aromatic carbocycles. The van der Waals surface area contributed by atoms with Crippen molar-refractivity contribution in [3.05, 3.63) is 35.4 Å². The highest BCUT2D eigenvalue weighted by Crippen LogP contribution is 2.30. The van der Waals surface area contributed by atoms with Gasteiger partial charge in [0.05, 0.1) is 32.0 Å². The van der Waals surface area contributed by atoms with Crippen LogP contribution in [0.5, 0.6) is 0 Å². The Morgan fingerprint density at radius 2 is 1.89 bits per heavy atom. The van der Waals surface area contributed by atoms with Gasteiger partial charge in [0.25, 0.3) is 0 Å². The highest BCUT2D eigenvalue weighted by atomic mass is 16.5. The van der Waals surface area contributed by atoms with Crippen LogP contribution in [0.1, 0.15) is 11.1 Å². The van der Waals surface area contributed by atoms with E-state index < -0.39 is 12.2 Å². The van der Waals surface area contributed by atoms with Crippen LogP contribution in [-0.4, -0.2) is 96.4 Å². The molecule has 8 nitrogen and oxygen atoms in total. The van der Waals surface area contributed by atoms with Crippen LogP contribution < -0.4 is 5.32 Å². The molecule has 8 heteroatoms. The van der Waals surface area contributed by atoms with Crippen molar-refractivity contribution in [3.63, 3.8) is 0 Å². The maximum atomic E-state index is 12.4. The molecule has 4 rings (SSSR count). The van der Waals surface area contributed by atoms with Crippen molar-refractivity contribution in [1.29, 1.82) is 0 Å². The molecule has 0 radical (unpaired) electrons. The van der Waals surface area contributed by atoms with Gasteiger partial charge >= 0.3 is 6.03 Å². The third-order valence-corrected chi connectivity index (χ3v) is 5.98. The van der Waals surface area contributed by atoms with E-state index >= 15 is 0 Å². The molecule has 1 aromatic rings. The van der Waals surface area contributed by atoms with Crippen LogP contribution >= 0.6 is 0 Å². The van der Waals surface area contributed by atoms with Gasteiger partial charge in [0, 0.05) is 32.7 Å². The largest absolute Gasteiger partial charge is 0.394 e. The Morgan fingerprint density at radius 1 is 1.14 bits per heavy atom. The Morgan fingerprint density at radius 3 is 2.64 bits per heavy atom. The summed E-state index contributed by atoms with van der Waals surface area (Å²) in [4.78, 5) is 16.4. The number of carbonyl (C=O) groups is 1. The number of rotatable bonds is 4. The topological polar surface area (TPSA) is 94.5 Å². The van der Waals surface area contributed by atoms with Crippen molar-refractivity contribution in [2.45, 2.75) is 37.3 Å². The van der Waals surface area contributed by atoms with Crippen LogP contribution in [0.15, 0.2) is 24.3 Å². The van der Waals surface area contributed by atoms with E-state index in [0.717, 1.165) is 19.5 Å². The Balaban J connectivity index is 1.42. The molecule has 4 atom stereocenters. The fourth-order valence-corrected chi connectivity index (χ4v) is 4.43. The van der Waals surface area contributed by atoms with Crippen molar-refractivity contribution in [3.8, 4) is 0 Å². The average Bonchev–Trinajstić information content (AvgIpc) is 3.07. The van der Waals surface area contributed by atoms with Gasteiger partial charge in [0.15, 0.2) is 0 Å². The van der Waals surface area contributed by atoms with E-state index in [9.17, 15) is 15.0 Å². The van der Waals surface area contributed by atoms with E-state index in [0.29, 0.717) is 32.8 Å². The third-order valence-electron chi connectivity index (χ3n) is 5.98. The molecule has 3 aliphatic heterocycles. The predicted molar refractivity (Wildman–Crippen MR) is 102 cm³/mol. The van der Waals surface area contributed by atoms with E-state index in [4.69, 9.17) is 9.47 Å². The second-order valence-electron chi connectivity index (χ2n) is 7.65. The summed E-state index contributed by atoms with van der Waals surface area (Å²) in [6, 6.07) is 7.92. The zero-order valence-corrected chi connectivity index (χ0v) is 16.0. The van der Waals surface area contributed by atoms with Crippen molar-refractivity contribution in [2.75, 3.05) is 46.0 Å². The number of urea groups is 1. The summed E-state index contributed by atoms with van der Waals surface area (Å²) in [7, 11) is 0. The first-order chi connectivity index (χ1) is 13.7. The Bertz CT molecular complexity index is 682. The summed E-state index contributed by atoms with van der Waals surface area (Å²) in [6.07, 6.45) is -0.883. The number of morpholine rings is 1. The van der Waals surface area contributed by atoms with E-state index in [2.05, 4.69) is 22.3 Å². The Labute approximate surface area is 165 Å². The van der Waals surface area contributed by atoms with Crippen molar-refractivity contribution >= 4 is 6.03 Å². The molecule has 0 unspecified atom stereocenters. The smallest absolute Gasteiger partial charge is 0.317 e. The number of ether oxygens (including phenoxy) is 2. The van der Waals surface area contributed by atoms with Crippen LogP contribution in [0.3, 0.4) is 0 Å². The molecule has 0 bridgehead atoms. The number of hydrogen-bond acceptors (Lipinski definition) is 6. The maximum absolute atomic E-state index is 12.4. The summed E-state index contributed by atoms with van der Waals surface area (Å²) in [5, 5.41) is 23.3. The third kappa shape index (κ3) is 4.01. The summed E-state index contributed by atoms with van der Waals surface area (Å²) in [6.45, 7) is 3.85. The number of benzene rings is 1. The zero-order chi connectivity index (χ0) is 19.5. The highest BCUT2D eigenvalue weighted by Gasteiger charge is 2.46. The standard InChI is InChI=1S/C20H29N3O5/c24-13-17-19(25)18(23-6-5-14-3-1-2-4-15(14)12-23)16(28-17)11-21-20(26)22-7-9-27-10-8-22/h1-4,16-19,24-25H,5-13H2,(H,21,26)/t16-,17+,18-,19-/m1/s1. The molecule has 3 aliphatic rings. The van der Waals surface area contributed by atoms with Gasteiger partial charge < -0.3 is 29.9 Å². The van der Waals surface area contributed by atoms with Gasteiger partial charge in [-0.3, -0.25) is 4.90 Å². The number of aliphatic hydroxyl groups is 2. The average molecular weight is 391 g/mol. The van der Waals surface area contributed by atoms with Crippen molar-refractivity contribution < 1.29 is 24.5 Å². The molecule has 2 amide bonds. The first-order valence-electron chi connectivity index (χ1n) is 10.0. The molecule has 28 heavy (non-hydrogen) atoms. The molecule has 0 spiro atoms. The highest BCUT2D eigenvalue weighted by molar-refractivity contribution is 5.74. The minimum Gasteiger partial charge on any atom is -0.394 e. The van der Waals surface area contributed by atoms with Crippen LogP contribution in [0, 0.1) is 0 Å². The number of amides is 2. The molecule has 154 valence electrons. The zero-order valence-electron chi connectivity index (χ0n) is 16.0. The van der Waals surface area contributed by atoms with Gasteiger partial charge in [-0.25, -0.2) is 4.79 Å². The molecule has 3 N–H and O–H groups in total. The number of nitrogens with one attached hydrogen (secondary N) is 1. The van der Waals surface area contributed by atoms with Gasteiger partial charge in [0.2, 0.25) is 0 Å². The first kappa shape index (κ1) is 19.6. The first-order valence-corrected chi connectivity index (χ1v) is 10.0. The lowest BCUT2D eigenvalue weighted by Gasteiger charge is -2.37. The van der Waals surface area contributed by atoms with Crippen LogP contribution in [0.4, 0.5) is 4.79 Å². The molecule has 0 aliphatic carbocycles. The van der Waals surface area contributed by atoms with E-state index in [-0.39, 0.29) is 24.8 Å². The monoisotopic (exact) mass is 391 g/mol. The van der Waals surface area contributed by atoms with E-state index in [1.165, 1.54) is 11.1 Å². The summed E-state index contributed by atoms with van der Waals surface area (Å²) >= 11 is 0. The van der Waals surface area contributed by atoms with Crippen molar-refractivity contribution in [2.24, 2.45) is 0 Å². The fourth-order valence-electron chi connectivity index (χ4n) is 4.43. The van der Waals surface area contributed by atoms with Gasteiger partial charge in [-0.15, -0.1) is 0 Å². The van der Waals surface area contributed by atoms with Crippen LogP contribution in [0.25, 0.3) is 0 Å². The molecular weight excluding hydrogens is 362 g/mol. The second kappa shape index (κ2) is 8.75. The minimum atomic E-state index is -0.791. The predicted octanol–water partition coefficient (Wildman–Crippen LogP) is -0.424. The lowest BCUT2D eigenvalue weighted by atomic mass is 9.95. The number of carbonyl (C=O) groups excluding carboxylic acids is 1. The lowest BCUT2D eigenvalue weighted by molar-refractivity contribution is -0.0211. The molecule has 2 saturated heterocycles. The quantitative estimate of drug-likeness (QED) is 0.645. The van der Waals surface area contributed by atoms with Gasteiger partial charge in [-0.1, -0.05) is 24.3 Å². The molecular formula is C20H29N3O5. The van der Waals surface area contributed by atoms with Crippen LogP contribution in [-0.2, 0) is 22.4 Å². The molecule has 0 aromatic heterocycles. The number of nitrogens with zero attached hydrogens (tertiary/aromatic N) is 2. The van der Waals surface area contributed by atoms with Crippen molar-refractivity contribution in [1.82, 2.24) is 15.1 Å². The number of aliphatic hydroxyl groups excluding tert-OH is 2. The summed E-state index contributed by atoms with van der Waals surface area (Å²) in [5.41, 5.74) is 2.59. The number of hydrogen-bond donors (Lipinski definition) is 3. The fraction of sp³-hybridized carbons (Fsp3) is 0.650. The summed E-state index contributed by atoms with van der Waals surface area (Å²) < 4.78 is 11.2. The van der Waals surface area contributed by atoms with Gasteiger partial charge in [-0.05, 0) is 17.5 Å². The summed E-state index contributed by atoms with van der Waals surface area (Å²) in [5.74, 6) is 0. The second-order valence-corrected chi connectivity index (χ2v) is 7.65. The van der Waals surface area contributed by atoms with Gasteiger partial charge in [0.1, 0.15) is 12.2 Å². The molecule has 3 heterocycles.